The second-order valence-electron chi connectivity index (χ2n) is 5.90. The number of hydrogen-bond acceptors (Lipinski definition) is 3. The minimum absolute atomic E-state index is 0.103. The number of guanidine groups is 1. The zero-order chi connectivity index (χ0) is 14.8. The molecule has 1 aromatic carbocycles. The molecule has 0 bridgehead atoms. The summed E-state index contributed by atoms with van der Waals surface area (Å²) in [6.07, 6.45) is 6.76. The molecule has 5 heteroatoms. The van der Waals surface area contributed by atoms with Gasteiger partial charge in [-0.15, -0.1) is 0 Å². The second-order valence-corrected chi connectivity index (χ2v) is 5.90. The third-order valence-electron chi connectivity index (χ3n) is 4.58. The molecule has 2 N–H and O–H groups in total. The molecule has 21 heavy (non-hydrogen) atoms. The highest BCUT2D eigenvalue weighted by Crippen LogP contribution is 2.34. The Labute approximate surface area is 123 Å². The van der Waals surface area contributed by atoms with Crippen LogP contribution in [0.25, 0.3) is 0 Å². The van der Waals surface area contributed by atoms with Crippen LogP contribution in [0.3, 0.4) is 0 Å². The average Bonchev–Trinajstić information content (AvgIpc) is 2.67. The topological polar surface area (TPSA) is 41.6 Å². The summed E-state index contributed by atoms with van der Waals surface area (Å²) in [5, 5.41) is 0. The fourth-order valence-corrected chi connectivity index (χ4v) is 3.55. The van der Waals surface area contributed by atoms with Crippen LogP contribution < -0.4 is 5.73 Å². The fourth-order valence-electron chi connectivity index (χ4n) is 3.55. The predicted molar refractivity (Wildman–Crippen MR) is 78.9 cm³/mol. The maximum absolute atomic E-state index is 14.1. The minimum Gasteiger partial charge on any atom is -0.370 e. The maximum Gasteiger partial charge on any atom is 0.192 e. The van der Waals surface area contributed by atoms with Gasteiger partial charge < -0.3 is 10.6 Å². The first-order valence-electron chi connectivity index (χ1n) is 7.70. The summed E-state index contributed by atoms with van der Waals surface area (Å²) in [5.41, 5.74) is 6.12. The molecule has 1 atom stereocenters. The summed E-state index contributed by atoms with van der Waals surface area (Å²) in [7, 11) is 0. The molecule has 1 aromatic rings. The molecular weight excluding hydrogens is 272 g/mol. The minimum atomic E-state index is -0.511. The van der Waals surface area contributed by atoms with E-state index in [4.69, 9.17) is 5.73 Å². The van der Waals surface area contributed by atoms with E-state index in [1.54, 1.807) is 0 Å². The number of benzene rings is 1. The number of rotatable bonds is 2. The Morgan fingerprint density at radius 1 is 1.05 bits per heavy atom. The summed E-state index contributed by atoms with van der Waals surface area (Å²) in [6, 6.07) is 3.83. The van der Waals surface area contributed by atoms with E-state index in [0.717, 1.165) is 25.7 Å². The van der Waals surface area contributed by atoms with Crippen molar-refractivity contribution in [2.24, 2.45) is 10.7 Å². The third kappa shape index (κ3) is 2.74. The molecule has 0 radical (unpaired) electrons. The molecular formula is C16H21F2N3. The molecule has 0 aromatic heterocycles. The Morgan fingerprint density at radius 2 is 1.67 bits per heavy atom. The number of halogens is 2. The lowest BCUT2D eigenvalue weighted by Gasteiger charge is -2.34. The molecule has 0 amide bonds. The van der Waals surface area contributed by atoms with Crippen LogP contribution in [-0.4, -0.2) is 23.4 Å². The monoisotopic (exact) mass is 293 g/mol. The molecule has 1 aliphatic carbocycles. The van der Waals surface area contributed by atoms with Gasteiger partial charge in [0.1, 0.15) is 11.6 Å². The molecule has 3 rings (SSSR count). The van der Waals surface area contributed by atoms with E-state index in [0.29, 0.717) is 12.5 Å². The van der Waals surface area contributed by atoms with Gasteiger partial charge in [-0.05, 0) is 25.0 Å². The smallest absolute Gasteiger partial charge is 0.192 e. The Kier molecular flexibility index (Phi) is 4.08. The van der Waals surface area contributed by atoms with Gasteiger partial charge in [-0.2, -0.15) is 0 Å². The molecule has 0 saturated heterocycles. The standard InChI is InChI=1S/C16H21F2N3/c17-12-8-5-9-13(18)15(12)14-10-20-16(19)21(14)11-6-3-1-2-4-7-11/h5,8-9,11,14H,1-4,6-7,10H2,(H2,19,20). The Balaban J connectivity index is 1.91. The van der Waals surface area contributed by atoms with Crippen LogP contribution >= 0.6 is 0 Å². The van der Waals surface area contributed by atoms with Gasteiger partial charge in [0, 0.05) is 11.6 Å². The molecule has 3 nitrogen and oxygen atoms in total. The Morgan fingerprint density at radius 3 is 2.29 bits per heavy atom. The highest BCUT2D eigenvalue weighted by atomic mass is 19.1. The second kappa shape index (κ2) is 6.00. The van der Waals surface area contributed by atoms with Crippen LogP contribution in [-0.2, 0) is 0 Å². The first-order valence-corrected chi connectivity index (χ1v) is 7.70. The molecule has 2 aliphatic rings. The van der Waals surface area contributed by atoms with Crippen LogP contribution in [0.5, 0.6) is 0 Å². The number of nitrogens with zero attached hydrogens (tertiary/aromatic N) is 2. The largest absolute Gasteiger partial charge is 0.370 e. The highest BCUT2D eigenvalue weighted by molar-refractivity contribution is 5.80. The lowest BCUT2D eigenvalue weighted by atomic mass is 10.00. The van der Waals surface area contributed by atoms with Crippen LogP contribution in [0, 0.1) is 11.6 Å². The first kappa shape index (κ1) is 14.3. The molecule has 1 heterocycles. The molecule has 1 saturated carbocycles. The lowest BCUT2D eigenvalue weighted by molar-refractivity contribution is 0.229. The van der Waals surface area contributed by atoms with E-state index in [1.807, 2.05) is 4.90 Å². The quantitative estimate of drug-likeness (QED) is 0.850. The first-order chi connectivity index (χ1) is 10.2. The van der Waals surface area contributed by atoms with Gasteiger partial charge in [-0.3, -0.25) is 4.99 Å². The maximum atomic E-state index is 14.1. The Bertz CT molecular complexity index is 516. The third-order valence-corrected chi connectivity index (χ3v) is 4.58. The summed E-state index contributed by atoms with van der Waals surface area (Å²) < 4.78 is 28.2. The average molecular weight is 293 g/mol. The van der Waals surface area contributed by atoms with Gasteiger partial charge in [-0.1, -0.05) is 31.7 Å². The molecule has 1 fully saturated rings. The van der Waals surface area contributed by atoms with Gasteiger partial charge >= 0.3 is 0 Å². The van der Waals surface area contributed by atoms with Gasteiger partial charge in [0.25, 0.3) is 0 Å². The lowest BCUT2D eigenvalue weighted by Crippen LogP contribution is -2.44. The summed E-state index contributed by atoms with van der Waals surface area (Å²) >= 11 is 0. The van der Waals surface area contributed by atoms with Crippen molar-refractivity contribution in [2.45, 2.75) is 50.6 Å². The van der Waals surface area contributed by atoms with Crippen molar-refractivity contribution in [1.29, 1.82) is 0 Å². The fraction of sp³-hybridized carbons (Fsp3) is 0.562. The van der Waals surface area contributed by atoms with E-state index in [1.165, 1.54) is 31.0 Å². The van der Waals surface area contributed by atoms with Gasteiger partial charge in [0.15, 0.2) is 5.96 Å². The van der Waals surface area contributed by atoms with Crippen molar-refractivity contribution in [3.8, 4) is 0 Å². The normalized spacial score (nSPS) is 24.0. The van der Waals surface area contributed by atoms with Crippen molar-refractivity contribution in [3.05, 3.63) is 35.4 Å². The van der Waals surface area contributed by atoms with E-state index in [2.05, 4.69) is 4.99 Å². The Hall–Kier alpha value is -1.65. The van der Waals surface area contributed by atoms with Crippen molar-refractivity contribution < 1.29 is 8.78 Å². The van der Waals surface area contributed by atoms with E-state index < -0.39 is 17.7 Å². The number of nitrogens with two attached hydrogens (primary N) is 1. The zero-order valence-electron chi connectivity index (χ0n) is 12.1. The van der Waals surface area contributed by atoms with Crippen LogP contribution in [0.15, 0.2) is 23.2 Å². The van der Waals surface area contributed by atoms with Gasteiger partial charge in [0.2, 0.25) is 0 Å². The van der Waals surface area contributed by atoms with E-state index in [9.17, 15) is 8.78 Å². The van der Waals surface area contributed by atoms with Crippen molar-refractivity contribution in [1.82, 2.24) is 4.90 Å². The van der Waals surface area contributed by atoms with Crippen molar-refractivity contribution >= 4 is 5.96 Å². The van der Waals surface area contributed by atoms with Crippen LogP contribution in [0.4, 0.5) is 8.78 Å². The summed E-state index contributed by atoms with van der Waals surface area (Å²) in [4.78, 5) is 6.20. The van der Waals surface area contributed by atoms with E-state index in [-0.39, 0.29) is 11.6 Å². The predicted octanol–water partition coefficient (Wildman–Crippen LogP) is 3.36. The van der Waals surface area contributed by atoms with Crippen molar-refractivity contribution in [2.75, 3.05) is 6.54 Å². The number of hydrogen-bond donors (Lipinski definition) is 1. The van der Waals surface area contributed by atoms with Gasteiger partial charge in [-0.25, -0.2) is 8.78 Å². The molecule has 0 spiro atoms. The van der Waals surface area contributed by atoms with Crippen molar-refractivity contribution in [3.63, 3.8) is 0 Å². The summed E-state index contributed by atoms with van der Waals surface area (Å²) in [5.74, 6) is -0.596. The molecule has 1 unspecified atom stereocenters. The highest BCUT2D eigenvalue weighted by Gasteiger charge is 2.36. The zero-order valence-corrected chi connectivity index (χ0v) is 12.1. The summed E-state index contributed by atoms with van der Waals surface area (Å²) in [6.45, 7) is 0.334. The molecule has 1 aliphatic heterocycles. The van der Waals surface area contributed by atoms with Crippen LogP contribution in [0.2, 0.25) is 0 Å². The van der Waals surface area contributed by atoms with E-state index >= 15 is 0 Å². The van der Waals surface area contributed by atoms with Gasteiger partial charge in [0.05, 0.1) is 12.6 Å². The SMILES string of the molecule is NC1=NCC(c2c(F)cccc2F)N1C1CCCCCC1. The van der Waals surface area contributed by atoms with Crippen LogP contribution in [0.1, 0.15) is 50.1 Å². The molecule has 114 valence electrons. The number of aliphatic imine (C=N–C) groups is 1.